The van der Waals surface area contributed by atoms with Crippen molar-refractivity contribution in [2.75, 3.05) is 26.2 Å². The Morgan fingerprint density at radius 3 is 1.73 bits per heavy atom. The van der Waals surface area contributed by atoms with E-state index >= 15 is 0 Å². The minimum atomic E-state index is -1.10. The Balaban J connectivity index is 1.88. The molecule has 2 heterocycles. The molecule has 2 aliphatic heterocycles. The topological polar surface area (TPSA) is 6.02 Å². The summed E-state index contributed by atoms with van der Waals surface area (Å²) < 4.78 is 5.12. The first-order chi connectivity index (χ1) is 5.32. The number of hydrogen-bond donors (Lipinski definition) is 0. The van der Waals surface area contributed by atoms with Crippen molar-refractivity contribution in [2.45, 2.75) is 18.5 Å². The van der Waals surface area contributed by atoms with Gasteiger partial charge in [-0.25, -0.2) is 0 Å². The van der Waals surface area contributed by atoms with Gasteiger partial charge in [-0.1, -0.05) is 11.8 Å². The van der Waals surface area contributed by atoms with Crippen LogP contribution in [0.3, 0.4) is 0 Å². The van der Waals surface area contributed by atoms with Crippen LogP contribution in [0.2, 0.25) is 0 Å². The monoisotopic (exact) mass is 188 g/mol. The molecule has 2 saturated heterocycles. The molecule has 3 fully saturated rings. The predicted octanol–water partition coefficient (Wildman–Crippen LogP) is 1.09. The lowest BCUT2D eigenvalue weighted by molar-refractivity contribution is 0.784. The zero-order valence-electron chi connectivity index (χ0n) is 6.57. The quantitative estimate of drug-likeness (QED) is 0.483. The van der Waals surface area contributed by atoms with Crippen molar-refractivity contribution < 1.29 is 0 Å². The van der Waals surface area contributed by atoms with Gasteiger partial charge in [0.2, 0.25) is 0 Å². The molecule has 3 aliphatic rings. The van der Waals surface area contributed by atoms with E-state index in [0.717, 1.165) is 5.66 Å². The average molecular weight is 188 g/mol. The fourth-order valence-electron chi connectivity index (χ4n) is 1.71. The highest BCUT2D eigenvalue weighted by Gasteiger charge is 2.51. The van der Waals surface area contributed by atoms with Gasteiger partial charge in [0.05, 0.1) is 6.34 Å². The fourth-order valence-corrected chi connectivity index (χ4v) is 6.75. The molecular formula is C7H13N2PS. The Hall–Kier alpha value is 0.570. The Kier molecular flexibility index (Phi) is 1.33. The highest BCUT2D eigenvalue weighted by Crippen LogP contribution is 2.70. The predicted molar refractivity (Wildman–Crippen MR) is 50.5 cm³/mol. The van der Waals surface area contributed by atoms with E-state index in [1.54, 1.807) is 0 Å². The van der Waals surface area contributed by atoms with Gasteiger partial charge in [0.1, 0.15) is 0 Å². The van der Waals surface area contributed by atoms with Crippen LogP contribution in [-0.4, -0.2) is 41.2 Å². The standard InChI is InChI=1S/C7H13N2PS/c11-10(7-1-2-7,8-3-4-8)9-5-6-9/h7H,1-6H2. The summed E-state index contributed by atoms with van der Waals surface area (Å²) in [6.45, 7) is 5.18. The highest BCUT2D eigenvalue weighted by atomic mass is 32.4. The average Bonchev–Trinajstić information content (AvgIpc) is 2.81. The first kappa shape index (κ1) is 7.02. The van der Waals surface area contributed by atoms with Crippen LogP contribution in [-0.2, 0) is 11.8 Å². The van der Waals surface area contributed by atoms with E-state index in [1.807, 2.05) is 0 Å². The second kappa shape index (κ2) is 2.08. The lowest BCUT2D eigenvalue weighted by atomic mass is 11.0. The van der Waals surface area contributed by atoms with E-state index in [2.05, 4.69) is 9.34 Å². The molecular weight excluding hydrogens is 175 g/mol. The minimum Gasteiger partial charge on any atom is -0.261 e. The van der Waals surface area contributed by atoms with Gasteiger partial charge in [0.25, 0.3) is 0 Å². The van der Waals surface area contributed by atoms with Crippen LogP contribution in [0.15, 0.2) is 0 Å². The van der Waals surface area contributed by atoms with E-state index in [0.29, 0.717) is 0 Å². The third-order valence-electron chi connectivity index (χ3n) is 2.68. The molecule has 0 atom stereocenters. The van der Waals surface area contributed by atoms with E-state index < -0.39 is 6.34 Å². The van der Waals surface area contributed by atoms with Crippen molar-refractivity contribution in [1.29, 1.82) is 0 Å². The molecule has 11 heavy (non-hydrogen) atoms. The molecule has 2 nitrogen and oxygen atoms in total. The second-order valence-electron chi connectivity index (χ2n) is 3.73. The summed E-state index contributed by atoms with van der Waals surface area (Å²) in [5.74, 6) is 0. The second-order valence-corrected chi connectivity index (χ2v) is 8.38. The molecule has 3 rings (SSSR count). The van der Waals surface area contributed by atoms with Gasteiger partial charge < -0.3 is 0 Å². The highest BCUT2D eigenvalue weighted by molar-refractivity contribution is 8.12. The minimum absolute atomic E-state index is 0.933. The molecule has 0 aromatic rings. The van der Waals surface area contributed by atoms with Crippen LogP contribution in [0.1, 0.15) is 12.8 Å². The van der Waals surface area contributed by atoms with Crippen molar-refractivity contribution in [2.24, 2.45) is 0 Å². The maximum absolute atomic E-state index is 5.82. The summed E-state index contributed by atoms with van der Waals surface area (Å²) in [6, 6.07) is 0. The first-order valence-corrected chi connectivity index (χ1v) is 7.20. The number of rotatable bonds is 3. The molecule has 0 aromatic heterocycles. The number of nitrogens with zero attached hydrogens (tertiary/aromatic N) is 2. The lowest BCUT2D eigenvalue weighted by Gasteiger charge is -2.23. The Morgan fingerprint density at radius 1 is 1.00 bits per heavy atom. The van der Waals surface area contributed by atoms with Gasteiger partial charge in [-0.2, -0.15) is 0 Å². The molecule has 62 valence electrons. The molecule has 0 amide bonds. The maximum atomic E-state index is 5.82. The van der Waals surface area contributed by atoms with Crippen molar-refractivity contribution >= 4 is 18.1 Å². The zero-order chi connectivity index (χ0) is 7.47. The van der Waals surface area contributed by atoms with Crippen LogP contribution in [0.4, 0.5) is 0 Å². The molecule has 4 heteroatoms. The summed E-state index contributed by atoms with van der Waals surface area (Å²) >= 11 is 5.82. The normalized spacial score (nSPS) is 32.4. The van der Waals surface area contributed by atoms with Crippen molar-refractivity contribution in [3.05, 3.63) is 0 Å². The van der Waals surface area contributed by atoms with Crippen molar-refractivity contribution in [1.82, 2.24) is 9.34 Å². The van der Waals surface area contributed by atoms with Gasteiger partial charge in [0.15, 0.2) is 0 Å². The summed E-state index contributed by atoms with van der Waals surface area (Å²) in [4.78, 5) is 0. The SMILES string of the molecule is S=P(C1CC1)(N1CC1)N1CC1. The number of hydrogen-bond acceptors (Lipinski definition) is 1. The van der Waals surface area contributed by atoms with Gasteiger partial charge in [-0.05, 0) is 12.8 Å². The van der Waals surface area contributed by atoms with Gasteiger partial charge in [-0.3, -0.25) is 9.34 Å². The van der Waals surface area contributed by atoms with Crippen molar-refractivity contribution in [3.8, 4) is 0 Å². The van der Waals surface area contributed by atoms with E-state index in [-0.39, 0.29) is 0 Å². The maximum Gasteiger partial charge on any atom is 0.0807 e. The molecule has 0 N–H and O–H groups in total. The van der Waals surface area contributed by atoms with Crippen LogP contribution >= 0.6 is 6.34 Å². The zero-order valence-corrected chi connectivity index (χ0v) is 8.28. The van der Waals surface area contributed by atoms with Crippen LogP contribution < -0.4 is 0 Å². The van der Waals surface area contributed by atoms with Crippen LogP contribution in [0.25, 0.3) is 0 Å². The van der Waals surface area contributed by atoms with E-state index in [4.69, 9.17) is 11.8 Å². The van der Waals surface area contributed by atoms with Crippen molar-refractivity contribution in [3.63, 3.8) is 0 Å². The van der Waals surface area contributed by atoms with E-state index in [9.17, 15) is 0 Å². The lowest BCUT2D eigenvalue weighted by Crippen LogP contribution is -2.07. The largest absolute Gasteiger partial charge is 0.261 e. The summed E-state index contributed by atoms with van der Waals surface area (Å²) in [7, 11) is 0. The summed E-state index contributed by atoms with van der Waals surface area (Å²) in [5.41, 5.74) is 0.933. The molecule has 0 aromatic carbocycles. The first-order valence-electron chi connectivity index (χ1n) is 4.42. The molecule has 0 radical (unpaired) electrons. The van der Waals surface area contributed by atoms with E-state index in [1.165, 1.54) is 39.0 Å². The van der Waals surface area contributed by atoms with Gasteiger partial charge >= 0.3 is 0 Å². The Bertz CT molecular complexity index is 193. The molecule has 1 saturated carbocycles. The Morgan fingerprint density at radius 2 is 1.45 bits per heavy atom. The van der Waals surface area contributed by atoms with Crippen LogP contribution in [0, 0.1) is 0 Å². The molecule has 0 spiro atoms. The summed E-state index contributed by atoms with van der Waals surface area (Å²) in [6.07, 6.45) is 1.74. The Labute approximate surface area is 72.7 Å². The van der Waals surface area contributed by atoms with Crippen LogP contribution in [0.5, 0.6) is 0 Å². The third-order valence-corrected chi connectivity index (χ3v) is 8.85. The molecule has 1 aliphatic carbocycles. The van der Waals surface area contributed by atoms with Gasteiger partial charge in [0, 0.05) is 31.8 Å². The van der Waals surface area contributed by atoms with Gasteiger partial charge in [-0.15, -0.1) is 0 Å². The third kappa shape index (κ3) is 1.02. The molecule has 0 unspecified atom stereocenters. The molecule has 0 bridgehead atoms. The summed E-state index contributed by atoms with van der Waals surface area (Å²) in [5, 5.41) is 0. The fraction of sp³-hybridized carbons (Fsp3) is 1.00. The smallest absolute Gasteiger partial charge is 0.0807 e.